The maximum absolute atomic E-state index is 13.0. The van der Waals surface area contributed by atoms with Gasteiger partial charge in [-0.05, 0) is 59.4 Å². The first-order valence-corrected chi connectivity index (χ1v) is 13.7. The van der Waals surface area contributed by atoms with Crippen molar-refractivity contribution in [2.75, 3.05) is 11.9 Å². The molecule has 0 spiro atoms. The van der Waals surface area contributed by atoms with Crippen LogP contribution in [0.25, 0.3) is 11.1 Å². The highest BCUT2D eigenvalue weighted by Crippen LogP contribution is 2.44. The maximum Gasteiger partial charge on any atom is 0.411 e. The Morgan fingerprint density at radius 2 is 1.48 bits per heavy atom. The SMILES string of the molecule is Cc1ccc(C(=O)N[C@H](C(=O)O)[C@@H](C)OCc2ccccc2)cc1NC(=O)OCC1c2ccccc2-c2ccccc21. The van der Waals surface area contributed by atoms with Crippen molar-refractivity contribution in [2.45, 2.75) is 38.5 Å². The zero-order valence-corrected chi connectivity index (χ0v) is 23.4. The number of rotatable bonds is 10. The average Bonchev–Trinajstić information content (AvgIpc) is 3.32. The Morgan fingerprint density at radius 1 is 0.857 bits per heavy atom. The van der Waals surface area contributed by atoms with Crippen molar-refractivity contribution >= 4 is 23.7 Å². The quantitative estimate of drug-likeness (QED) is 0.213. The summed E-state index contributed by atoms with van der Waals surface area (Å²) in [5.41, 5.74) is 6.67. The Labute approximate surface area is 244 Å². The monoisotopic (exact) mass is 564 g/mol. The molecule has 1 aliphatic carbocycles. The second-order valence-corrected chi connectivity index (χ2v) is 10.3. The van der Waals surface area contributed by atoms with Gasteiger partial charge in [0.25, 0.3) is 5.91 Å². The van der Waals surface area contributed by atoms with E-state index >= 15 is 0 Å². The molecular weight excluding hydrogens is 532 g/mol. The third-order valence-corrected chi connectivity index (χ3v) is 7.46. The van der Waals surface area contributed by atoms with Crippen LogP contribution in [-0.4, -0.2) is 41.8 Å². The molecule has 0 radical (unpaired) electrons. The smallest absolute Gasteiger partial charge is 0.411 e. The summed E-state index contributed by atoms with van der Waals surface area (Å²) in [6.07, 6.45) is -1.45. The van der Waals surface area contributed by atoms with Crippen LogP contribution in [0.3, 0.4) is 0 Å². The lowest BCUT2D eigenvalue weighted by Gasteiger charge is -2.22. The fourth-order valence-corrected chi connectivity index (χ4v) is 5.14. The van der Waals surface area contributed by atoms with Gasteiger partial charge in [-0.15, -0.1) is 0 Å². The van der Waals surface area contributed by atoms with E-state index in [0.717, 1.165) is 33.4 Å². The van der Waals surface area contributed by atoms with Gasteiger partial charge in [-0.1, -0.05) is 84.9 Å². The zero-order valence-electron chi connectivity index (χ0n) is 23.4. The predicted octanol–water partition coefficient (Wildman–Crippen LogP) is 6.14. The van der Waals surface area contributed by atoms with Crippen LogP contribution in [-0.2, 0) is 20.9 Å². The predicted molar refractivity (Wildman–Crippen MR) is 159 cm³/mol. The average molecular weight is 565 g/mol. The molecule has 5 rings (SSSR count). The molecule has 2 atom stereocenters. The summed E-state index contributed by atoms with van der Waals surface area (Å²) in [6.45, 7) is 3.75. The molecule has 0 aliphatic heterocycles. The minimum atomic E-state index is -1.28. The van der Waals surface area contributed by atoms with E-state index in [-0.39, 0.29) is 24.7 Å². The molecule has 3 N–H and O–H groups in total. The Morgan fingerprint density at radius 3 is 2.12 bits per heavy atom. The minimum absolute atomic E-state index is 0.0830. The highest BCUT2D eigenvalue weighted by Gasteiger charge is 2.30. The van der Waals surface area contributed by atoms with Crippen molar-refractivity contribution in [3.8, 4) is 11.1 Å². The summed E-state index contributed by atoms with van der Waals surface area (Å²) in [7, 11) is 0. The summed E-state index contributed by atoms with van der Waals surface area (Å²) in [5.74, 6) is -1.90. The summed E-state index contributed by atoms with van der Waals surface area (Å²) in [4.78, 5) is 37.8. The third-order valence-electron chi connectivity index (χ3n) is 7.46. The molecule has 8 heteroatoms. The number of nitrogens with one attached hydrogen (secondary N) is 2. The van der Waals surface area contributed by atoms with Gasteiger partial charge in [0.1, 0.15) is 6.61 Å². The maximum atomic E-state index is 13.0. The van der Waals surface area contributed by atoms with Gasteiger partial charge in [0, 0.05) is 17.2 Å². The van der Waals surface area contributed by atoms with Gasteiger partial charge in [0.15, 0.2) is 6.04 Å². The summed E-state index contributed by atoms with van der Waals surface area (Å²) in [5, 5.41) is 15.0. The number of aryl methyl sites for hydroxylation is 1. The molecule has 0 fully saturated rings. The second kappa shape index (κ2) is 12.7. The number of carbonyl (C=O) groups is 3. The van der Waals surface area contributed by atoms with Gasteiger partial charge < -0.3 is 19.9 Å². The summed E-state index contributed by atoms with van der Waals surface area (Å²) >= 11 is 0. The largest absolute Gasteiger partial charge is 0.480 e. The number of anilines is 1. The third kappa shape index (κ3) is 6.34. The van der Waals surface area contributed by atoms with Crippen molar-refractivity contribution in [3.63, 3.8) is 0 Å². The molecule has 0 bridgehead atoms. The molecule has 0 saturated carbocycles. The highest BCUT2D eigenvalue weighted by atomic mass is 16.5. The molecule has 1 aliphatic rings. The van der Waals surface area contributed by atoms with Crippen LogP contribution in [0.2, 0.25) is 0 Å². The van der Waals surface area contributed by atoms with Crippen LogP contribution in [0.4, 0.5) is 10.5 Å². The number of fused-ring (bicyclic) bond motifs is 3. The summed E-state index contributed by atoms with van der Waals surface area (Å²) in [6, 6.07) is 29.0. The van der Waals surface area contributed by atoms with Crippen molar-refractivity contribution in [1.82, 2.24) is 5.32 Å². The molecule has 0 saturated heterocycles. The number of hydrogen-bond acceptors (Lipinski definition) is 5. The number of carboxylic acids is 1. The van der Waals surface area contributed by atoms with Gasteiger partial charge in [-0.25, -0.2) is 9.59 Å². The lowest BCUT2D eigenvalue weighted by atomic mass is 9.98. The van der Waals surface area contributed by atoms with Gasteiger partial charge in [-0.3, -0.25) is 10.1 Å². The molecule has 214 valence electrons. The van der Waals surface area contributed by atoms with E-state index in [2.05, 4.69) is 22.8 Å². The highest BCUT2D eigenvalue weighted by molar-refractivity contribution is 5.98. The van der Waals surface area contributed by atoms with Crippen LogP contribution in [0.5, 0.6) is 0 Å². The fourth-order valence-electron chi connectivity index (χ4n) is 5.14. The zero-order chi connectivity index (χ0) is 29.6. The van der Waals surface area contributed by atoms with Crippen LogP contribution < -0.4 is 10.6 Å². The first-order chi connectivity index (χ1) is 20.3. The minimum Gasteiger partial charge on any atom is -0.480 e. The number of benzene rings is 4. The van der Waals surface area contributed by atoms with Gasteiger partial charge in [0.2, 0.25) is 0 Å². The van der Waals surface area contributed by atoms with Crippen LogP contribution in [0.15, 0.2) is 97.1 Å². The molecule has 42 heavy (non-hydrogen) atoms. The van der Waals surface area contributed by atoms with E-state index in [1.165, 1.54) is 6.07 Å². The number of ether oxygens (including phenoxy) is 2. The van der Waals surface area contributed by atoms with Crippen LogP contribution in [0.1, 0.15) is 45.5 Å². The molecular formula is C34H32N2O6. The fraction of sp³-hybridized carbons (Fsp3) is 0.206. The van der Waals surface area contributed by atoms with Gasteiger partial charge in [0.05, 0.1) is 12.7 Å². The molecule has 4 aromatic rings. The van der Waals surface area contributed by atoms with E-state index in [1.54, 1.807) is 26.0 Å². The lowest BCUT2D eigenvalue weighted by Crippen LogP contribution is -2.48. The van der Waals surface area contributed by atoms with Crippen molar-refractivity contribution in [2.24, 2.45) is 0 Å². The molecule has 0 aromatic heterocycles. The van der Waals surface area contributed by atoms with Crippen molar-refractivity contribution in [3.05, 3.63) is 125 Å². The molecule has 8 nitrogen and oxygen atoms in total. The molecule has 0 heterocycles. The standard InChI is InChI=1S/C34H32N2O6/c1-21-16-17-24(32(37)36-31(33(38)39)22(2)41-19-23-10-4-3-5-11-23)18-30(21)35-34(40)42-20-29-27-14-8-6-12-25(27)26-13-7-9-15-28(26)29/h3-18,22,29,31H,19-20H2,1-2H3,(H,35,40)(H,36,37)(H,38,39)/t22-,31+/m1/s1. The van der Waals surface area contributed by atoms with Gasteiger partial charge in [-0.2, -0.15) is 0 Å². The Bertz CT molecular complexity index is 1560. The summed E-state index contributed by atoms with van der Waals surface area (Å²) < 4.78 is 11.4. The topological polar surface area (TPSA) is 114 Å². The molecule has 4 aromatic carbocycles. The number of carbonyl (C=O) groups excluding carboxylic acids is 2. The second-order valence-electron chi connectivity index (χ2n) is 10.3. The van der Waals surface area contributed by atoms with E-state index in [1.807, 2.05) is 66.7 Å². The first-order valence-electron chi connectivity index (χ1n) is 13.7. The van der Waals surface area contributed by atoms with Crippen LogP contribution >= 0.6 is 0 Å². The van der Waals surface area contributed by atoms with Crippen molar-refractivity contribution < 1.29 is 29.0 Å². The number of amides is 2. The lowest BCUT2D eigenvalue weighted by molar-refractivity contribution is -0.143. The number of hydrogen-bond donors (Lipinski definition) is 3. The first kappa shape index (κ1) is 28.6. The van der Waals surface area contributed by atoms with E-state index < -0.39 is 30.1 Å². The normalized spacial score (nSPS) is 13.4. The number of aliphatic carboxylic acids is 1. The van der Waals surface area contributed by atoms with E-state index in [0.29, 0.717) is 5.69 Å². The van der Waals surface area contributed by atoms with Crippen molar-refractivity contribution in [1.29, 1.82) is 0 Å². The van der Waals surface area contributed by atoms with E-state index in [4.69, 9.17) is 9.47 Å². The van der Waals surface area contributed by atoms with Crippen LogP contribution in [0, 0.1) is 6.92 Å². The Kier molecular flexibility index (Phi) is 8.64. The molecule has 2 amide bonds. The Hall–Kier alpha value is -4.95. The van der Waals surface area contributed by atoms with Gasteiger partial charge >= 0.3 is 12.1 Å². The number of carboxylic acid groups (broad SMARTS) is 1. The molecule has 0 unspecified atom stereocenters. The Balaban J connectivity index is 1.22. The van der Waals surface area contributed by atoms with E-state index in [9.17, 15) is 19.5 Å².